The largest absolute Gasteiger partial charge is 0.322 e. The lowest BCUT2D eigenvalue weighted by molar-refractivity contribution is 0.102. The molecule has 3 heteroatoms. The maximum Gasteiger partial charge on any atom is 0.255 e. The van der Waals surface area contributed by atoms with Gasteiger partial charge in [-0.25, -0.2) is 0 Å². The summed E-state index contributed by atoms with van der Waals surface area (Å²) in [4.78, 5) is 17.0. The Morgan fingerprint density at radius 2 is 1.58 bits per heavy atom. The van der Waals surface area contributed by atoms with Crippen LogP contribution in [0.15, 0.2) is 72.8 Å². The molecule has 1 aromatic heterocycles. The predicted octanol–water partition coefficient (Wildman–Crippen LogP) is 4.95. The van der Waals surface area contributed by atoms with Crippen LogP contribution in [0.1, 0.15) is 16.1 Å². The number of benzene rings is 3. The van der Waals surface area contributed by atoms with Gasteiger partial charge in [-0.05, 0) is 42.6 Å². The van der Waals surface area contributed by atoms with Gasteiger partial charge in [-0.3, -0.25) is 9.78 Å². The van der Waals surface area contributed by atoms with E-state index >= 15 is 0 Å². The van der Waals surface area contributed by atoms with E-state index in [4.69, 9.17) is 0 Å². The minimum absolute atomic E-state index is 0.110. The number of anilines is 1. The number of aryl methyl sites for hydroxylation is 1. The molecule has 0 radical (unpaired) electrons. The number of fused-ring (bicyclic) bond motifs is 3. The Kier molecular flexibility index (Phi) is 3.47. The SMILES string of the molecule is Cc1nc2ccccc2c2ccc(NC(=O)c3ccccc3)cc12. The van der Waals surface area contributed by atoms with Gasteiger partial charge in [0.05, 0.1) is 5.52 Å². The van der Waals surface area contributed by atoms with E-state index in [0.29, 0.717) is 5.56 Å². The molecule has 3 aromatic carbocycles. The second-order valence-corrected chi connectivity index (χ2v) is 5.79. The van der Waals surface area contributed by atoms with Gasteiger partial charge in [0.1, 0.15) is 0 Å². The molecule has 0 aliphatic heterocycles. The van der Waals surface area contributed by atoms with Crippen molar-refractivity contribution in [1.29, 1.82) is 0 Å². The highest BCUT2D eigenvalue weighted by atomic mass is 16.1. The van der Waals surface area contributed by atoms with E-state index < -0.39 is 0 Å². The lowest BCUT2D eigenvalue weighted by Gasteiger charge is -2.10. The molecule has 1 N–H and O–H groups in total. The average Bonchev–Trinajstić information content (AvgIpc) is 2.63. The summed E-state index contributed by atoms with van der Waals surface area (Å²) in [5, 5.41) is 6.29. The number of para-hydroxylation sites is 1. The molecular weight excluding hydrogens is 296 g/mol. The van der Waals surface area contributed by atoms with Gasteiger partial charge >= 0.3 is 0 Å². The molecule has 1 heterocycles. The third-order valence-corrected chi connectivity index (χ3v) is 4.19. The van der Waals surface area contributed by atoms with Gasteiger partial charge in [0.15, 0.2) is 0 Å². The summed E-state index contributed by atoms with van der Waals surface area (Å²) in [5.41, 5.74) is 3.37. The number of nitrogens with zero attached hydrogens (tertiary/aromatic N) is 1. The van der Waals surface area contributed by atoms with Crippen LogP contribution in [0.3, 0.4) is 0 Å². The normalized spacial score (nSPS) is 10.9. The van der Waals surface area contributed by atoms with Gasteiger partial charge in [0.2, 0.25) is 0 Å². The van der Waals surface area contributed by atoms with Crippen LogP contribution < -0.4 is 5.32 Å². The van der Waals surface area contributed by atoms with E-state index in [0.717, 1.165) is 33.1 Å². The van der Waals surface area contributed by atoms with Crippen molar-refractivity contribution >= 4 is 33.3 Å². The Balaban J connectivity index is 1.77. The van der Waals surface area contributed by atoms with Crippen molar-refractivity contribution in [2.75, 3.05) is 5.32 Å². The van der Waals surface area contributed by atoms with Gasteiger partial charge in [0, 0.05) is 27.7 Å². The minimum atomic E-state index is -0.110. The van der Waals surface area contributed by atoms with Crippen molar-refractivity contribution in [2.24, 2.45) is 0 Å². The lowest BCUT2D eigenvalue weighted by atomic mass is 10.0. The maximum atomic E-state index is 12.3. The third-order valence-electron chi connectivity index (χ3n) is 4.19. The zero-order chi connectivity index (χ0) is 16.5. The van der Waals surface area contributed by atoms with Gasteiger partial charge in [-0.2, -0.15) is 0 Å². The molecule has 0 aliphatic rings. The molecule has 4 aromatic rings. The smallest absolute Gasteiger partial charge is 0.255 e. The van der Waals surface area contributed by atoms with E-state index in [2.05, 4.69) is 16.4 Å². The van der Waals surface area contributed by atoms with Crippen LogP contribution in [-0.4, -0.2) is 10.9 Å². The fourth-order valence-electron chi connectivity index (χ4n) is 2.99. The third kappa shape index (κ3) is 2.50. The topological polar surface area (TPSA) is 42.0 Å². The molecule has 116 valence electrons. The van der Waals surface area contributed by atoms with E-state index in [9.17, 15) is 4.79 Å². The first-order valence-corrected chi connectivity index (χ1v) is 7.88. The average molecular weight is 312 g/mol. The number of rotatable bonds is 2. The molecule has 3 nitrogen and oxygen atoms in total. The fourth-order valence-corrected chi connectivity index (χ4v) is 2.99. The van der Waals surface area contributed by atoms with E-state index in [1.165, 1.54) is 0 Å². The lowest BCUT2D eigenvalue weighted by Crippen LogP contribution is -2.11. The van der Waals surface area contributed by atoms with E-state index in [-0.39, 0.29) is 5.91 Å². The molecule has 0 saturated carbocycles. The minimum Gasteiger partial charge on any atom is -0.322 e. The number of amides is 1. The van der Waals surface area contributed by atoms with Crippen LogP contribution in [0.4, 0.5) is 5.69 Å². The Bertz CT molecular complexity index is 1060. The maximum absolute atomic E-state index is 12.3. The van der Waals surface area contributed by atoms with Crippen molar-refractivity contribution in [2.45, 2.75) is 6.92 Å². The van der Waals surface area contributed by atoms with Gasteiger partial charge in [0.25, 0.3) is 5.91 Å². The van der Waals surface area contributed by atoms with Gasteiger partial charge < -0.3 is 5.32 Å². The first-order valence-electron chi connectivity index (χ1n) is 7.88. The summed E-state index contributed by atoms with van der Waals surface area (Å²) in [6, 6.07) is 23.3. The number of aromatic nitrogens is 1. The van der Waals surface area contributed by atoms with Crippen LogP contribution in [0.25, 0.3) is 21.7 Å². The molecule has 0 aliphatic carbocycles. The Morgan fingerprint density at radius 3 is 2.42 bits per heavy atom. The van der Waals surface area contributed by atoms with E-state index in [1.54, 1.807) is 12.1 Å². The van der Waals surface area contributed by atoms with Crippen LogP contribution >= 0.6 is 0 Å². The molecule has 4 rings (SSSR count). The number of pyridine rings is 1. The van der Waals surface area contributed by atoms with Crippen molar-refractivity contribution in [1.82, 2.24) is 4.98 Å². The Labute approximate surface area is 140 Å². The standard InChI is InChI=1S/C21H16N2O/c1-14-19-13-16(23-21(24)15-7-3-2-4-8-15)11-12-17(19)18-9-5-6-10-20(18)22-14/h2-13H,1H3,(H,23,24). The van der Waals surface area contributed by atoms with Crippen molar-refractivity contribution in [3.63, 3.8) is 0 Å². The van der Waals surface area contributed by atoms with Crippen LogP contribution in [-0.2, 0) is 0 Å². The first-order chi connectivity index (χ1) is 11.7. The first kappa shape index (κ1) is 14.4. The molecular formula is C21H16N2O. The highest BCUT2D eigenvalue weighted by Crippen LogP contribution is 2.28. The monoisotopic (exact) mass is 312 g/mol. The summed E-state index contributed by atoms with van der Waals surface area (Å²) in [7, 11) is 0. The molecule has 0 atom stereocenters. The van der Waals surface area contributed by atoms with Crippen molar-refractivity contribution in [3.05, 3.63) is 84.1 Å². The summed E-state index contributed by atoms with van der Waals surface area (Å²) >= 11 is 0. The molecule has 0 unspecified atom stereocenters. The second-order valence-electron chi connectivity index (χ2n) is 5.79. The fraction of sp³-hybridized carbons (Fsp3) is 0.0476. The van der Waals surface area contributed by atoms with Crippen LogP contribution in [0.5, 0.6) is 0 Å². The highest BCUT2D eigenvalue weighted by molar-refractivity contribution is 6.09. The molecule has 1 amide bonds. The number of carbonyl (C=O) groups is 1. The van der Waals surface area contributed by atoms with Gasteiger partial charge in [-0.15, -0.1) is 0 Å². The van der Waals surface area contributed by atoms with Crippen LogP contribution in [0.2, 0.25) is 0 Å². The Morgan fingerprint density at radius 1 is 0.833 bits per heavy atom. The number of nitrogens with one attached hydrogen (secondary N) is 1. The summed E-state index contributed by atoms with van der Waals surface area (Å²) < 4.78 is 0. The number of carbonyl (C=O) groups excluding carboxylic acids is 1. The molecule has 0 spiro atoms. The molecule has 0 fully saturated rings. The Hall–Kier alpha value is -3.20. The van der Waals surface area contributed by atoms with Gasteiger partial charge in [-0.1, -0.05) is 42.5 Å². The van der Waals surface area contributed by atoms with Crippen LogP contribution in [0, 0.1) is 6.92 Å². The summed E-state index contributed by atoms with van der Waals surface area (Å²) in [6.07, 6.45) is 0. The summed E-state index contributed by atoms with van der Waals surface area (Å²) in [5.74, 6) is -0.110. The molecule has 24 heavy (non-hydrogen) atoms. The quantitative estimate of drug-likeness (QED) is 0.532. The highest BCUT2D eigenvalue weighted by Gasteiger charge is 2.09. The molecule has 0 saturated heterocycles. The van der Waals surface area contributed by atoms with Crippen molar-refractivity contribution in [3.8, 4) is 0 Å². The zero-order valence-corrected chi connectivity index (χ0v) is 13.3. The second kappa shape index (κ2) is 5.78. The van der Waals surface area contributed by atoms with Crippen molar-refractivity contribution < 1.29 is 4.79 Å². The number of hydrogen-bond donors (Lipinski definition) is 1. The predicted molar refractivity (Wildman–Crippen MR) is 98.4 cm³/mol. The number of hydrogen-bond acceptors (Lipinski definition) is 2. The molecule has 0 bridgehead atoms. The summed E-state index contributed by atoms with van der Waals surface area (Å²) in [6.45, 7) is 2.00. The zero-order valence-electron chi connectivity index (χ0n) is 13.3. The van der Waals surface area contributed by atoms with E-state index in [1.807, 2.05) is 61.5 Å².